The molecule has 1 aliphatic carbocycles. The van der Waals surface area contributed by atoms with E-state index in [1.165, 1.54) is 19.3 Å². The Morgan fingerprint density at radius 1 is 1.20 bits per heavy atom. The first-order chi connectivity index (χ1) is 9.65. The number of hydrogen-bond acceptors (Lipinski definition) is 2. The zero-order chi connectivity index (χ0) is 14.1. The zero-order valence-corrected chi connectivity index (χ0v) is 11.9. The molecule has 1 saturated carbocycles. The van der Waals surface area contributed by atoms with Crippen LogP contribution in [0.25, 0.3) is 10.9 Å². The van der Waals surface area contributed by atoms with Crippen LogP contribution in [-0.2, 0) is 0 Å². The van der Waals surface area contributed by atoms with Crippen molar-refractivity contribution in [1.82, 2.24) is 4.98 Å². The number of aromatic carboxylic acids is 1. The number of carboxylic acids is 1. The molecule has 3 nitrogen and oxygen atoms in total. The van der Waals surface area contributed by atoms with E-state index in [1.807, 2.05) is 0 Å². The summed E-state index contributed by atoms with van der Waals surface area (Å²) in [6.45, 7) is 0. The van der Waals surface area contributed by atoms with Crippen LogP contribution >= 0.6 is 11.6 Å². The van der Waals surface area contributed by atoms with Crippen molar-refractivity contribution in [2.75, 3.05) is 0 Å². The summed E-state index contributed by atoms with van der Waals surface area (Å²) in [5, 5.41) is 10.6. The molecule has 104 valence electrons. The van der Waals surface area contributed by atoms with Gasteiger partial charge in [0.1, 0.15) is 0 Å². The number of aromatic nitrogens is 1. The third-order valence-corrected chi connectivity index (χ3v) is 4.28. The first-order valence-electron chi connectivity index (χ1n) is 6.98. The molecule has 0 saturated heterocycles. The lowest BCUT2D eigenvalue weighted by atomic mass is 9.86. The highest BCUT2D eigenvalue weighted by molar-refractivity contribution is 6.31. The number of carbonyl (C=O) groups is 1. The summed E-state index contributed by atoms with van der Waals surface area (Å²) in [4.78, 5) is 16.2. The average molecular weight is 290 g/mol. The maximum absolute atomic E-state index is 11.5. The van der Waals surface area contributed by atoms with Gasteiger partial charge in [-0.05, 0) is 37.1 Å². The van der Waals surface area contributed by atoms with Crippen LogP contribution in [0.4, 0.5) is 0 Å². The molecule has 1 aliphatic rings. The van der Waals surface area contributed by atoms with E-state index < -0.39 is 5.97 Å². The molecule has 0 spiro atoms. The van der Waals surface area contributed by atoms with Gasteiger partial charge in [0.05, 0.1) is 11.1 Å². The van der Waals surface area contributed by atoms with Crippen molar-refractivity contribution in [2.24, 2.45) is 0 Å². The summed E-state index contributed by atoms with van der Waals surface area (Å²) < 4.78 is 0. The van der Waals surface area contributed by atoms with Gasteiger partial charge in [-0.15, -0.1) is 0 Å². The number of benzene rings is 1. The van der Waals surface area contributed by atoms with E-state index in [4.69, 9.17) is 11.6 Å². The predicted molar refractivity (Wildman–Crippen MR) is 79.5 cm³/mol. The van der Waals surface area contributed by atoms with Crippen LogP contribution in [0.1, 0.15) is 54.1 Å². The Hall–Kier alpha value is -1.61. The van der Waals surface area contributed by atoms with Crippen LogP contribution in [0.2, 0.25) is 5.02 Å². The maximum Gasteiger partial charge on any atom is 0.336 e. The fraction of sp³-hybridized carbons (Fsp3) is 0.375. The molecule has 1 aromatic carbocycles. The van der Waals surface area contributed by atoms with Crippen molar-refractivity contribution in [3.63, 3.8) is 0 Å². The highest BCUT2D eigenvalue weighted by atomic mass is 35.5. The van der Waals surface area contributed by atoms with E-state index in [9.17, 15) is 9.90 Å². The molecule has 1 aromatic heterocycles. The molecule has 1 N–H and O–H groups in total. The Balaban J connectivity index is 2.15. The number of hydrogen-bond donors (Lipinski definition) is 1. The standard InChI is InChI=1S/C16H16ClNO2/c17-11-6-7-14-12(8-11)13(16(19)20)9-15(18-14)10-4-2-1-3-5-10/h6-10H,1-5H2,(H,19,20). The maximum atomic E-state index is 11.5. The largest absolute Gasteiger partial charge is 0.478 e. The van der Waals surface area contributed by atoms with E-state index in [2.05, 4.69) is 4.98 Å². The van der Waals surface area contributed by atoms with Crippen LogP contribution in [0.15, 0.2) is 24.3 Å². The van der Waals surface area contributed by atoms with Crippen molar-refractivity contribution >= 4 is 28.5 Å². The normalized spacial score (nSPS) is 16.4. The van der Waals surface area contributed by atoms with Crippen molar-refractivity contribution < 1.29 is 9.90 Å². The molecule has 3 rings (SSSR count). The van der Waals surface area contributed by atoms with E-state index in [0.717, 1.165) is 24.1 Å². The number of carboxylic acid groups (broad SMARTS) is 1. The monoisotopic (exact) mass is 289 g/mol. The summed E-state index contributed by atoms with van der Waals surface area (Å²) in [6, 6.07) is 6.97. The van der Waals surface area contributed by atoms with Crippen molar-refractivity contribution in [2.45, 2.75) is 38.0 Å². The summed E-state index contributed by atoms with van der Waals surface area (Å²) in [6.07, 6.45) is 5.88. The number of rotatable bonds is 2. The van der Waals surface area contributed by atoms with Gasteiger partial charge in [0, 0.05) is 22.0 Å². The van der Waals surface area contributed by atoms with E-state index in [1.54, 1.807) is 24.3 Å². The summed E-state index contributed by atoms with van der Waals surface area (Å²) in [7, 11) is 0. The summed E-state index contributed by atoms with van der Waals surface area (Å²) in [5.74, 6) is -0.529. The summed E-state index contributed by atoms with van der Waals surface area (Å²) >= 11 is 5.96. The van der Waals surface area contributed by atoms with Gasteiger partial charge in [0.15, 0.2) is 0 Å². The minimum Gasteiger partial charge on any atom is -0.478 e. The van der Waals surface area contributed by atoms with Gasteiger partial charge in [-0.1, -0.05) is 30.9 Å². The second-order valence-electron chi connectivity index (χ2n) is 5.40. The zero-order valence-electron chi connectivity index (χ0n) is 11.1. The highest BCUT2D eigenvalue weighted by Gasteiger charge is 2.20. The van der Waals surface area contributed by atoms with Gasteiger partial charge in [0.2, 0.25) is 0 Å². The van der Waals surface area contributed by atoms with Crippen LogP contribution in [0.3, 0.4) is 0 Å². The lowest BCUT2D eigenvalue weighted by Gasteiger charge is -2.21. The number of nitrogens with zero attached hydrogens (tertiary/aromatic N) is 1. The number of halogens is 1. The second-order valence-corrected chi connectivity index (χ2v) is 5.83. The third-order valence-electron chi connectivity index (χ3n) is 4.04. The average Bonchev–Trinajstić information content (AvgIpc) is 2.47. The van der Waals surface area contributed by atoms with E-state index >= 15 is 0 Å². The molecule has 0 atom stereocenters. The Morgan fingerprint density at radius 3 is 2.65 bits per heavy atom. The van der Waals surface area contributed by atoms with E-state index in [-0.39, 0.29) is 0 Å². The smallest absolute Gasteiger partial charge is 0.336 e. The van der Waals surface area contributed by atoms with Gasteiger partial charge in [-0.2, -0.15) is 0 Å². The van der Waals surface area contributed by atoms with Crippen molar-refractivity contribution in [3.8, 4) is 0 Å². The highest BCUT2D eigenvalue weighted by Crippen LogP contribution is 2.34. The topological polar surface area (TPSA) is 50.2 Å². The molecule has 1 fully saturated rings. The molecule has 2 aromatic rings. The van der Waals surface area contributed by atoms with Crippen LogP contribution in [-0.4, -0.2) is 16.1 Å². The Bertz CT molecular complexity index is 663. The lowest BCUT2D eigenvalue weighted by molar-refractivity contribution is 0.0699. The Kier molecular flexibility index (Phi) is 3.62. The van der Waals surface area contributed by atoms with Gasteiger partial charge in [0.25, 0.3) is 0 Å². The van der Waals surface area contributed by atoms with Gasteiger partial charge in [-0.3, -0.25) is 4.98 Å². The third kappa shape index (κ3) is 2.50. The minimum atomic E-state index is -0.920. The lowest BCUT2D eigenvalue weighted by Crippen LogP contribution is -2.09. The molecule has 4 heteroatoms. The fourth-order valence-corrected chi connectivity index (χ4v) is 3.18. The molecule has 0 amide bonds. The first kappa shape index (κ1) is 13.4. The van der Waals surface area contributed by atoms with Crippen molar-refractivity contribution in [3.05, 3.63) is 40.5 Å². The Morgan fingerprint density at radius 2 is 1.95 bits per heavy atom. The van der Waals surface area contributed by atoms with Gasteiger partial charge < -0.3 is 5.11 Å². The van der Waals surface area contributed by atoms with Crippen LogP contribution in [0, 0.1) is 0 Å². The van der Waals surface area contributed by atoms with Crippen LogP contribution in [0.5, 0.6) is 0 Å². The van der Waals surface area contributed by atoms with E-state index in [0.29, 0.717) is 21.9 Å². The minimum absolute atomic E-state index is 0.304. The number of pyridine rings is 1. The molecular formula is C16H16ClNO2. The molecule has 0 unspecified atom stereocenters. The molecule has 1 heterocycles. The molecule has 0 aliphatic heterocycles. The van der Waals surface area contributed by atoms with Gasteiger partial charge >= 0.3 is 5.97 Å². The second kappa shape index (κ2) is 5.41. The first-order valence-corrected chi connectivity index (χ1v) is 7.36. The van der Waals surface area contributed by atoms with Crippen molar-refractivity contribution in [1.29, 1.82) is 0 Å². The predicted octanol–water partition coefficient (Wildman–Crippen LogP) is 4.63. The summed E-state index contributed by atoms with van der Waals surface area (Å²) in [5.41, 5.74) is 1.94. The molecule has 0 bridgehead atoms. The number of fused-ring (bicyclic) bond motifs is 1. The molecular weight excluding hydrogens is 274 g/mol. The van der Waals surface area contributed by atoms with Crippen LogP contribution < -0.4 is 0 Å². The fourth-order valence-electron chi connectivity index (χ4n) is 3.00. The molecule has 0 radical (unpaired) electrons. The Labute approximate surface area is 122 Å². The van der Waals surface area contributed by atoms with Gasteiger partial charge in [-0.25, -0.2) is 4.79 Å². The quantitative estimate of drug-likeness (QED) is 0.876. The molecule has 20 heavy (non-hydrogen) atoms. The SMILES string of the molecule is O=C(O)c1cc(C2CCCCC2)nc2ccc(Cl)cc12.